The van der Waals surface area contributed by atoms with Crippen LogP contribution in [0.1, 0.15) is 49.0 Å². The normalized spacial score (nSPS) is 19.4. The molecule has 2 N–H and O–H groups in total. The van der Waals surface area contributed by atoms with Crippen molar-refractivity contribution in [1.29, 1.82) is 0 Å². The van der Waals surface area contributed by atoms with E-state index in [0.717, 1.165) is 41.2 Å². The van der Waals surface area contributed by atoms with E-state index in [1.807, 2.05) is 17.5 Å². The number of allylic oxidation sites excluding steroid dienone is 2. The zero-order valence-electron chi connectivity index (χ0n) is 13.9. The molecule has 0 saturated carbocycles. The minimum Gasteiger partial charge on any atom is -0.343 e. The van der Waals surface area contributed by atoms with Gasteiger partial charge < -0.3 is 10.3 Å². The third-order valence-corrected chi connectivity index (χ3v) is 6.52. The summed E-state index contributed by atoms with van der Waals surface area (Å²) in [6.45, 7) is 2.10. The van der Waals surface area contributed by atoms with Gasteiger partial charge in [-0.15, -0.1) is 11.3 Å². The molecule has 0 aromatic carbocycles. The van der Waals surface area contributed by atoms with Crippen molar-refractivity contribution in [2.24, 2.45) is 0 Å². The summed E-state index contributed by atoms with van der Waals surface area (Å²) in [6, 6.07) is 3.96. The number of hydrogen-bond acceptors (Lipinski definition) is 6. The fraction of sp³-hybridized carbons (Fsp3) is 0.389. The molecule has 0 fully saturated rings. The lowest BCUT2D eigenvalue weighted by atomic mass is 9.79. The van der Waals surface area contributed by atoms with Crippen LogP contribution in [0.15, 0.2) is 38.7 Å². The number of aromatic nitrogens is 2. The Kier molecular flexibility index (Phi) is 4.52. The zero-order valence-corrected chi connectivity index (χ0v) is 15.6. The first-order valence-corrected chi connectivity index (χ1v) is 10.4. The summed E-state index contributed by atoms with van der Waals surface area (Å²) in [5, 5.41) is 5.92. The third-order valence-electron chi connectivity index (χ3n) is 4.51. The predicted octanol–water partition coefficient (Wildman–Crippen LogP) is 3.90. The van der Waals surface area contributed by atoms with Crippen LogP contribution in [0.5, 0.6) is 0 Å². The highest BCUT2D eigenvalue weighted by Crippen LogP contribution is 2.44. The number of nitrogens with zero attached hydrogens (tertiary/aromatic N) is 1. The number of rotatable bonds is 4. The molecule has 1 atom stereocenters. The molecule has 0 bridgehead atoms. The fourth-order valence-corrected chi connectivity index (χ4v) is 5.01. The van der Waals surface area contributed by atoms with Crippen molar-refractivity contribution in [3.63, 3.8) is 0 Å². The standard InChI is InChI=1S/C18H19N3O2S2/c1-2-8-25-18-20-16-15(17(23)21-18)14(12-7-4-9-24-12)13-10(19-16)5-3-6-11(13)22/h4,7,9,14H,2-3,5-6,8H2,1H3,(H2,19,20,21,23). The highest BCUT2D eigenvalue weighted by atomic mass is 32.2. The Bertz CT molecular complexity index is 900. The van der Waals surface area contributed by atoms with Crippen LogP contribution in [0, 0.1) is 0 Å². The van der Waals surface area contributed by atoms with Crippen LogP contribution < -0.4 is 10.9 Å². The number of carbonyl (C=O) groups is 1. The second-order valence-corrected chi connectivity index (χ2v) is 8.29. The largest absolute Gasteiger partial charge is 0.343 e. The van der Waals surface area contributed by atoms with Crippen LogP contribution in [0.25, 0.3) is 0 Å². The predicted molar refractivity (Wildman–Crippen MR) is 102 cm³/mol. The summed E-state index contributed by atoms with van der Waals surface area (Å²) < 4.78 is 0. The van der Waals surface area contributed by atoms with Gasteiger partial charge in [-0.25, -0.2) is 4.98 Å². The average molecular weight is 374 g/mol. The van der Waals surface area contributed by atoms with E-state index in [9.17, 15) is 9.59 Å². The van der Waals surface area contributed by atoms with Crippen molar-refractivity contribution < 1.29 is 4.79 Å². The van der Waals surface area contributed by atoms with E-state index in [4.69, 9.17) is 0 Å². The number of anilines is 1. The Balaban J connectivity index is 1.88. The van der Waals surface area contributed by atoms with Gasteiger partial charge in [0.05, 0.1) is 11.5 Å². The molecule has 1 aliphatic heterocycles. The monoisotopic (exact) mass is 373 g/mol. The van der Waals surface area contributed by atoms with Crippen LogP contribution in [0.2, 0.25) is 0 Å². The van der Waals surface area contributed by atoms with E-state index < -0.39 is 0 Å². The maximum absolute atomic E-state index is 12.9. The minimum atomic E-state index is -0.305. The first-order valence-electron chi connectivity index (χ1n) is 8.52. The van der Waals surface area contributed by atoms with Crippen molar-refractivity contribution in [1.82, 2.24) is 9.97 Å². The highest BCUT2D eigenvalue weighted by molar-refractivity contribution is 7.99. The van der Waals surface area contributed by atoms with E-state index in [0.29, 0.717) is 23.0 Å². The molecule has 3 heterocycles. The van der Waals surface area contributed by atoms with Crippen molar-refractivity contribution >= 4 is 34.7 Å². The number of Topliss-reactive ketones (excluding diaryl/α,β-unsaturated/α-hetero) is 1. The molecule has 2 aromatic heterocycles. The lowest BCUT2D eigenvalue weighted by molar-refractivity contribution is -0.116. The summed E-state index contributed by atoms with van der Waals surface area (Å²) in [4.78, 5) is 34.1. The van der Waals surface area contributed by atoms with E-state index in [1.54, 1.807) is 23.1 Å². The third kappa shape index (κ3) is 2.95. The van der Waals surface area contributed by atoms with Crippen molar-refractivity contribution in [2.45, 2.75) is 43.7 Å². The van der Waals surface area contributed by atoms with Gasteiger partial charge in [0.2, 0.25) is 0 Å². The van der Waals surface area contributed by atoms with Crippen molar-refractivity contribution in [3.05, 3.63) is 49.6 Å². The van der Waals surface area contributed by atoms with Crippen LogP contribution in [0.3, 0.4) is 0 Å². The fourth-order valence-electron chi connectivity index (χ4n) is 3.45. The van der Waals surface area contributed by atoms with E-state index in [-0.39, 0.29) is 17.3 Å². The van der Waals surface area contributed by atoms with Gasteiger partial charge in [-0.2, -0.15) is 0 Å². The molecule has 5 nitrogen and oxygen atoms in total. The summed E-state index contributed by atoms with van der Waals surface area (Å²) in [7, 11) is 0. The van der Waals surface area contributed by atoms with E-state index >= 15 is 0 Å². The van der Waals surface area contributed by atoms with Crippen LogP contribution in [0.4, 0.5) is 5.82 Å². The molecule has 0 amide bonds. The molecule has 1 unspecified atom stereocenters. The second kappa shape index (κ2) is 6.80. The summed E-state index contributed by atoms with van der Waals surface area (Å²) in [6.07, 6.45) is 3.24. The number of ketones is 1. The number of carbonyl (C=O) groups excluding carboxylic acids is 1. The number of nitrogens with one attached hydrogen (secondary N) is 2. The number of thioether (sulfide) groups is 1. The Morgan fingerprint density at radius 3 is 3.00 bits per heavy atom. The Hall–Kier alpha value is -1.86. The molecule has 2 aliphatic rings. The number of H-pyrrole nitrogens is 1. The lowest BCUT2D eigenvalue weighted by Crippen LogP contribution is -2.32. The zero-order chi connectivity index (χ0) is 17.4. The first-order chi connectivity index (χ1) is 12.2. The Morgan fingerprint density at radius 1 is 1.36 bits per heavy atom. The Labute approximate surface area is 154 Å². The quantitative estimate of drug-likeness (QED) is 0.628. The number of thiophene rings is 1. The average Bonchev–Trinajstić information content (AvgIpc) is 3.12. The molecule has 7 heteroatoms. The number of aromatic amines is 1. The second-order valence-electron chi connectivity index (χ2n) is 6.22. The molecule has 2 aromatic rings. The molecular formula is C18H19N3O2S2. The van der Waals surface area contributed by atoms with Gasteiger partial charge in [-0.1, -0.05) is 24.8 Å². The van der Waals surface area contributed by atoms with Gasteiger partial charge >= 0.3 is 0 Å². The highest BCUT2D eigenvalue weighted by Gasteiger charge is 2.38. The van der Waals surface area contributed by atoms with Gasteiger partial charge in [-0.3, -0.25) is 9.59 Å². The molecule has 25 heavy (non-hydrogen) atoms. The van der Waals surface area contributed by atoms with Gasteiger partial charge in [-0.05, 0) is 30.7 Å². The lowest BCUT2D eigenvalue weighted by Gasteiger charge is -2.32. The van der Waals surface area contributed by atoms with E-state index in [2.05, 4.69) is 22.2 Å². The van der Waals surface area contributed by atoms with Gasteiger partial charge in [0.1, 0.15) is 5.82 Å². The number of hydrogen-bond donors (Lipinski definition) is 2. The molecule has 1 aliphatic carbocycles. The molecule has 0 radical (unpaired) electrons. The smallest absolute Gasteiger partial charge is 0.257 e. The molecule has 0 saturated heterocycles. The topological polar surface area (TPSA) is 74.8 Å². The minimum absolute atomic E-state index is 0.140. The van der Waals surface area contributed by atoms with Gasteiger partial charge in [0, 0.05) is 28.3 Å². The summed E-state index contributed by atoms with van der Waals surface area (Å²) in [5.41, 5.74) is 2.10. The molecule has 4 rings (SSSR count). The Morgan fingerprint density at radius 2 is 2.24 bits per heavy atom. The maximum Gasteiger partial charge on any atom is 0.257 e. The van der Waals surface area contributed by atoms with Gasteiger partial charge in [0.15, 0.2) is 10.9 Å². The van der Waals surface area contributed by atoms with E-state index in [1.165, 1.54) is 0 Å². The first kappa shape index (κ1) is 16.6. The number of fused-ring (bicyclic) bond motifs is 1. The van der Waals surface area contributed by atoms with Crippen LogP contribution in [-0.2, 0) is 4.79 Å². The van der Waals surface area contributed by atoms with Crippen molar-refractivity contribution in [2.75, 3.05) is 11.1 Å². The SMILES string of the molecule is CCCSc1nc2c(c(=O)[nH]1)C(c1cccs1)C1=C(CCCC1=O)N2. The van der Waals surface area contributed by atoms with Gasteiger partial charge in [0.25, 0.3) is 5.56 Å². The maximum atomic E-state index is 12.9. The molecule has 130 valence electrons. The van der Waals surface area contributed by atoms with Crippen LogP contribution in [-0.4, -0.2) is 21.5 Å². The summed E-state index contributed by atoms with van der Waals surface area (Å²) >= 11 is 3.13. The summed E-state index contributed by atoms with van der Waals surface area (Å²) in [5.74, 6) is 1.35. The molecule has 0 spiro atoms. The van der Waals surface area contributed by atoms with Crippen LogP contribution >= 0.6 is 23.1 Å². The van der Waals surface area contributed by atoms with Crippen molar-refractivity contribution in [3.8, 4) is 0 Å². The molecular weight excluding hydrogens is 354 g/mol.